The minimum Gasteiger partial charge on any atom is -0.399 e. The number of rotatable bonds is 4. The van der Waals surface area contributed by atoms with Crippen molar-refractivity contribution in [1.29, 1.82) is 0 Å². The fourth-order valence-corrected chi connectivity index (χ4v) is 1.25. The predicted octanol–water partition coefficient (Wildman–Crippen LogP) is 1.93. The number of hydrogen-bond acceptors (Lipinski definition) is 2. The van der Waals surface area contributed by atoms with Gasteiger partial charge >= 0.3 is 0 Å². The summed E-state index contributed by atoms with van der Waals surface area (Å²) in [5, 5.41) is 2.88. The van der Waals surface area contributed by atoms with E-state index in [9.17, 15) is 4.79 Å². The molecule has 1 amide bonds. The van der Waals surface area contributed by atoms with Crippen LogP contribution in [0.15, 0.2) is 24.3 Å². The maximum Gasteiger partial charge on any atom is 0.223 e. The van der Waals surface area contributed by atoms with E-state index in [4.69, 9.17) is 5.73 Å². The molecule has 1 unspecified atom stereocenters. The quantitative estimate of drug-likeness (QED) is 0.740. The second kappa shape index (κ2) is 5.39. The topological polar surface area (TPSA) is 55.1 Å². The van der Waals surface area contributed by atoms with Gasteiger partial charge in [0, 0.05) is 18.2 Å². The lowest BCUT2D eigenvalue weighted by Crippen LogP contribution is -2.28. The van der Waals surface area contributed by atoms with Crippen LogP contribution in [0.5, 0.6) is 0 Å². The molecule has 0 saturated heterocycles. The Hall–Kier alpha value is -1.51. The summed E-state index contributed by atoms with van der Waals surface area (Å²) in [6, 6.07) is 7.55. The monoisotopic (exact) mass is 206 g/mol. The number of nitrogens with two attached hydrogens (primary N) is 1. The molecule has 0 aromatic heterocycles. The van der Waals surface area contributed by atoms with E-state index in [1.807, 2.05) is 38.1 Å². The zero-order valence-corrected chi connectivity index (χ0v) is 9.29. The summed E-state index contributed by atoms with van der Waals surface area (Å²) in [6.07, 6.45) is 0.864. The summed E-state index contributed by atoms with van der Waals surface area (Å²) in [5.74, 6) is 0.172. The van der Waals surface area contributed by atoms with Crippen LogP contribution in [0.2, 0.25) is 0 Å². The van der Waals surface area contributed by atoms with Crippen LogP contribution in [0.1, 0.15) is 25.8 Å². The van der Waals surface area contributed by atoms with Gasteiger partial charge in [0.15, 0.2) is 0 Å². The van der Waals surface area contributed by atoms with Crippen molar-refractivity contribution < 1.29 is 4.79 Å². The Morgan fingerprint density at radius 1 is 1.53 bits per heavy atom. The molecular weight excluding hydrogens is 188 g/mol. The smallest absolute Gasteiger partial charge is 0.223 e. The molecule has 1 aromatic carbocycles. The number of hydrogen-bond donors (Lipinski definition) is 2. The lowest BCUT2D eigenvalue weighted by Gasteiger charge is -2.10. The third-order valence-electron chi connectivity index (χ3n) is 2.48. The van der Waals surface area contributed by atoms with Gasteiger partial charge in [-0.25, -0.2) is 0 Å². The second-order valence-corrected chi connectivity index (χ2v) is 3.77. The maximum atomic E-state index is 11.5. The van der Waals surface area contributed by atoms with Gasteiger partial charge in [-0.1, -0.05) is 26.0 Å². The van der Waals surface area contributed by atoms with E-state index >= 15 is 0 Å². The van der Waals surface area contributed by atoms with Gasteiger partial charge in [-0.2, -0.15) is 0 Å². The van der Waals surface area contributed by atoms with Gasteiger partial charge in [0.05, 0.1) is 0 Å². The Bertz CT molecular complexity index is 336. The summed E-state index contributed by atoms with van der Waals surface area (Å²) < 4.78 is 0. The molecule has 15 heavy (non-hydrogen) atoms. The lowest BCUT2D eigenvalue weighted by molar-refractivity contribution is -0.124. The first kappa shape index (κ1) is 11.6. The van der Waals surface area contributed by atoms with Crippen LogP contribution in [-0.4, -0.2) is 5.91 Å². The Balaban J connectivity index is 2.47. The molecule has 0 spiro atoms. The SMILES string of the molecule is CCC(C)C(=O)NCc1cccc(N)c1. The summed E-state index contributed by atoms with van der Waals surface area (Å²) in [7, 11) is 0. The van der Waals surface area contributed by atoms with Crippen molar-refractivity contribution in [3.8, 4) is 0 Å². The molecule has 0 bridgehead atoms. The number of carbonyl (C=O) groups excluding carboxylic acids is 1. The fourth-order valence-electron chi connectivity index (χ4n) is 1.25. The molecule has 0 aliphatic rings. The van der Waals surface area contributed by atoms with Crippen molar-refractivity contribution in [2.75, 3.05) is 5.73 Å². The van der Waals surface area contributed by atoms with Crippen LogP contribution in [0.4, 0.5) is 5.69 Å². The van der Waals surface area contributed by atoms with E-state index in [1.165, 1.54) is 0 Å². The summed E-state index contributed by atoms with van der Waals surface area (Å²) in [6.45, 7) is 4.48. The van der Waals surface area contributed by atoms with Crippen molar-refractivity contribution in [2.45, 2.75) is 26.8 Å². The molecule has 3 N–H and O–H groups in total. The van der Waals surface area contributed by atoms with Gasteiger partial charge in [-0.3, -0.25) is 4.79 Å². The fraction of sp³-hybridized carbons (Fsp3) is 0.417. The zero-order valence-electron chi connectivity index (χ0n) is 9.29. The number of nitrogen functional groups attached to an aromatic ring is 1. The van der Waals surface area contributed by atoms with Gasteiger partial charge in [-0.15, -0.1) is 0 Å². The number of benzene rings is 1. The first-order chi connectivity index (χ1) is 7.13. The van der Waals surface area contributed by atoms with Crippen molar-refractivity contribution >= 4 is 11.6 Å². The Kier molecular flexibility index (Phi) is 4.16. The Morgan fingerprint density at radius 3 is 2.87 bits per heavy atom. The van der Waals surface area contributed by atoms with Crippen molar-refractivity contribution in [2.24, 2.45) is 5.92 Å². The van der Waals surface area contributed by atoms with Gasteiger partial charge in [0.25, 0.3) is 0 Å². The van der Waals surface area contributed by atoms with Crippen LogP contribution in [-0.2, 0) is 11.3 Å². The molecule has 0 fully saturated rings. The van der Waals surface area contributed by atoms with Crippen molar-refractivity contribution in [3.63, 3.8) is 0 Å². The highest BCUT2D eigenvalue weighted by Crippen LogP contribution is 2.07. The molecule has 0 radical (unpaired) electrons. The number of amides is 1. The Labute approximate surface area is 90.7 Å². The van der Waals surface area contributed by atoms with Gasteiger partial charge in [0.2, 0.25) is 5.91 Å². The van der Waals surface area contributed by atoms with E-state index in [0.29, 0.717) is 6.54 Å². The first-order valence-electron chi connectivity index (χ1n) is 5.25. The standard InChI is InChI=1S/C12H18N2O/c1-3-9(2)12(15)14-8-10-5-4-6-11(13)7-10/h4-7,9H,3,8,13H2,1-2H3,(H,14,15). The van der Waals surface area contributed by atoms with E-state index in [-0.39, 0.29) is 11.8 Å². The molecule has 1 aromatic rings. The highest BCUT2D eigenvalue weighted by molar-refractivity contribution is 5.78. The van der Waals surface area contributed by atoms with Gasteiger partial charge < -0.3 is 11.1 Å². The van der Waals surface area contributed by atoms with E-state index in [1.54, 1.807) is 0 Å². The summed E-state index contributed by atoms with van der Waals surface area (Å²) >= 11 is 0. The van der Waals surface area contributed by atoms with E-state index in [0.717, 1.165) is 17.7 Å². The average Bonchev–Trinajstić information content (AvgIpc) is 2.25. The largest absolute Gasteiger partial charge is 0.399 e. The highest BCUT2D eigenvalue weighted by atomic mass is 16.1. The van der Waals surface area contributed by atoms with Crippen LogP contribution in [0.25, 0.3) is 0 Å². The molecule has 0 aliphatic heterocycles. The third kappa shape index (κ3) is 3.62. The minimum absolute atomic E-state index is 0.0751. The number of anilines is 1. The maximum absolute atomic E-state index is 11.5. The van der Waals surface area contributed by atoms with Gasteiger partial charge in [0.1, 0.15) is 0 Å². The zero-order chi connectivity index (χ0) is 11.3. The summed E-state index contributed by atoms with van der Waals surface area (Å²) in [4.78, 5) is 11.5. The molecule has 3 nitrogen and oxygen atoms in total. The molecule has 0 saturated carbocycles. The van der Waals surface area contributed by atoms with Crippen molar-refractivity contribution in [3.05, 3.63) is 29.8 Å². The molecular formula is C12H18N2O. The predicted molar refractivity (Wildman–Crippen MR) is 62.2 cm³/mol. The number of carbonyl (C=O) groups is 1. The molecule has 1 atom stereocenters. The molecule has 82 valence electrons. The minimum atomic E-state index is 0.0751. The van der Waals surface area contributed by atoms with Crippen molar-refractivity contribution in [1.82, 2.24) is 5.32 Å². The average molecular weight is 206 g/mol. The van der Waals surface area contributed by atoms with E-state index in [2.05, 4.69) is 5.32 Å². The van der Waals surface area contributed by atoms with Crippen LogP contribution in [0, 0.1) is 5.92 Å². The molecule has 0 aliphatic carbocycles. The van der Waals surface area contributed by atoms with E-state index < -0.39 is 0 Å². The van der Waals surface area contributed by atoms with Crippen LogP contribution in [0.3, 0.4) is 0 Å². The normalized spacial score (nSPS) is 12.1. The Morgan fingerprint density at radius 2 is 2.27 bits per heavy atom. The third-order valence-corrected chi connectivity index (χ3v) is 2.48. The van der Waals surface area contributed by atoms with Gasteiger partial charge in [-0.05, 0) is 24.1 Å². The number of nitrogens with one attached hydrogen (secondary N) is 1. The first-order valence-corrected chi connectivity index (χ1v) is 5.25. The molecule has 3 heteroatoms. The molecule has 0 heterocycles. The van der Waals surface area contributed by atoms with Crippen LogP contribution < -0.4 is 11.1 Å². The lowest BCUT2D eigenvalue weighted by atomic mass is 10.1. The second-order valence-electron chi connectivity index (χ2n) is 3.77. The summed E-state index contributed by atoms with van der Waals surface area (Å²) in [5.41, 5.74) is 7.40. The van der Waals surface area contributed by atoms with Crippen LogP contribution >= 0.6 is 0 Å². The molecule has 1 rings (SSSR count). The highest BCUT2D eigenvalue weighted by Gasteiger charge is 2.09.